The summed E-state index contributed by atoms with van der Waals surface area (Å²) in [5.41, 5.74) is 4.20. The molecule has 1 aromatic rings. The van der Waals surface area contributed by atoms with Crippen LogP contribution >= 0.6 is 0 Å². The SMILES string of the molecule is [B]C(N)(O)Cc1cc(OC)c(OC)cc1OC. The molecule has 0 fully saturated rings. The van der Waals surface area contributed by atoms with Gasteiger partial charge in [-0.3, -0.25) is 0 Å². The standard InChI is InChI=1S/C11H16BNO4/c1-15-8-5-10(17-3)9(16-2)4-7(8)6-11(12,13)14/h4-5,14H,6,13H2,1-3H3. The highest BCUT2D eigenvalue weighted by molar-refractivity contribution is 6.13. The lowest BCUT2D eigenvalue weighted by atomic mass is 9.85. The Morgan fingerprint density at radius 2 is 1.59 bits per heavy atom. The van der Waals surface area contributed by atoms with Crippen molar-refractivity contribution >= 4 is 7.85 Å². The zero-order valence-corrected chi connectivity index (χ0v) is 10.2. The average molecular weight is 237 g/mol. The van der Waals surface area contributed by atoms with Gasteiger partial charge in [-0.2, -0.15) is 0 Å². The van der Waals surface area contributed by atoms with E-state index in [-0.39, 0.29) is 6.42 Å². The van der Waals surface area contributed by atoms with Gasteiger partial charge in [-0.05, 0) is 6.07 Å². The Hall–Kier alpha value is -1.40. The predicted molar refractivity (Wildman–Crippen MR) is 64.7 cm³/mol. The summed E-state index contributed by atoms with van der Waals surface area (Å²) >= 11 is 0. The van der Waals surface area contributed by atoms with E-state index in [2.05, 4.69) is 0 Å². The summed E-state index contributed by atoms with van der Waals surface area (Å²) in [6, 6.07) is 3.32. The molecule has 17 heavy (non-hydrogen) atoms. The molecule has 0 aliphatic rings. The molecule has 6 heteroatoms. The fourth-order valence-electron chi connectivity index (χ4n) is 1.54. The summed E-state index contributed by atoms with van der Waals surface area (Å²) in [7, 11) is 9.92. The Morgan fingerprint density at radius 1 is 1.12 bits per heavy atom. The molecule has 1 aromatic carbocycles. The fourth-order valence-corrected chi connectivity index (χ4v) is 1.54. The van der Waals surface area contributed by atoms with Crippen molar-refractivity contribution in [2.75, 3.05) is 21.3 Å². The second kappa shape index (κ2) is 5.29. The van der Waals surface area contributed by atoms with Gasteiger partial charge in [-0.1, -0.05) is 0 Å². The molecule has 1 atom stereocenters. The van der Waals surface area contributed by atoms with Gasteiger partial charge in [0.15, 0.2) is 11.5 Å². The van der Waals surface area contributed by atoms with Gasteiger partial charge in [-0.25, -0.2) is 0 Å². The monoisotopic (exact) mass is 237 g/mol. The average Bonchev–Trinajstić information content (AvgIpc) is 2.26. The van der Waals surface area contributed by atoms with E-state index in [1.54, 1.807) is 12.1 Å². The molecule has 0 aliphatic carbocycles. The van der Waals surface area contributed by atoms with Crippen LogP contribution < -0.4 is 19.9 Å². The van der Waals surface area contributed by atoms with Gasteiger partial charge in [-0.15, -0.1) is 0 Å². The molecule has 0 saturated carbocycles. The minimum atomic E-state index is -1.80. The van der Waals surface area contributed by atoms with Crippen LogP contribution in [0.15, 0.2) is 12.1 Å². The lowest BCUT2D eigenvalue weighted by Gasteiger charge is -2.21. The number of hydrogen-bond donors (Lipinski definition) is 2. The number of nitrogens with two attached hydrogens (primary N) is 1. The van der Waals surface area contributed by atoms with Crippen LogP contribution in [0.2, 0.25) is 0 Å². The van der Waals surface area contributed by atoms with Crippen molar-refractivity contribution in [1.29, 1.82) is 0 Å². The van der Waals surface area contributed by atoms with Gasteiger partial charge in [0.1, 0.15) is 13.6 Å². The van der Waals surface area contributed by atoms with E-state index >= 15 is 0 Å². The third-order valence-corrected chi connectivity index (χ3v) is 2.26. The van der Waals surface area contributed by atoms with E-state index in [4.69, 9.17) is 27.8 Å². The molecule has 0 amide bonds. The smallest absolute Gasteiger partial charge is 0.164 e. The molecule has 5 nitrogen and oxygen atoms in total. The van der Waals surface area contributed by atoms with E-state index < -0.39 is 5.62 Å². The topological polar surface area (TPSA) is 73.9 Å². The zero-order chi connectivity index (χ0) is 13.1. The number of hydrogen-bond acceptors (Lipinski definition) is 5. The second-order valence-electron chi connectivity index (χ2n) is 3.69. The van der Waals surface area contributed by atoms with Crippen molar-refractivity contribution in [3.05, 3.63) is 17.7 Å². The highest BCUT2D eigenvalue weighted by Crippen LogP contribution is 2.35. The quantitative estimate of drug-likeness (QED) is 0.558. The highest BCUT2D eigenvalue weighted by Gasteiger charge is 2.19. The summed E-state index contributed by atoms with van der Waals surface area (Å²) in [5.74, 6) is 1.58. The molecule has 3 N–H and O–H groups in total. The third-order valence-electron chi connectivity index (χ3n) is 2.26. The first-order valence-electron chi connectivity index (χ1n) is 5.00. The predicted octanol–water partition coefficient (Wildman–Crippen LogP) is 0.0282. The van der Waals surface area contributed by atoms with E-state index in [9.17, 15) is 5.11 Å². The summed E-state index contributed by atoms with van der Waals surface area (Å²) in [5, 5.41) is 9.41. The molecular formula is C11H16BNO4. The van der Waals surface area contributed by atoms with Crippen LogP contribution in [0.25, 0.3) is 0 Å². The Bertz CT molecular complexity index is 390. The summed E-state index contributed by atoms with van der Waals surface area (Å²) in [6.07, 6.45) is 0.0382. The minimum absolute atomic E-state index is 0.0382. The molecule has 1 unspecified atom stereocenters. The van der Waals surface area contributed by atoms with Gasteiger partial charge in [0.25, 0.3) is 0 Å². The van der Waals surface area contributed by atoms with Crippen molar-refractivity contribution in [3.63, 3.8) is 0 Å². The summed E-state index contributed by atoms with van der Waals surface area (Å²) in [4.78, 5) is 0. The van der Waals surface area contributed by atoms with Crippen LogP contribution in [0, 0.1) is 0 Å². The molecule has 0 aliphatic heterocycles. The van der Waals surface area contributed by atoms with Crippen LogP contribution in [0.1, 0.15) is 5.56 Å². The van der Waals surface area contributed by atoms with Crippen LogP contribution in [0.3, 0.4) is 0 Å². The van der Waals surface area contributed by atoms with Crippen LogP contribution in [-0.4, -0.2) is 39.9 Å². The third kappa shape index (κ3) is 3.54. The normalized spacial score (nSPS) is 13.9. The first-order valence-corrected chi connectivity index (χ1v) is 5.00. The van der Waals surface area contributed by atoms with E-state index in [1.807, 2.05) is 0 Å². The van der Waals surface area contributed by atoms with Crippen LogP contribution in [-0.2, 0) is 6.42 Å². The molecule has 0 spiro atoms. The van der Waals surface area contributed by atoms with Gasteiger partial charge >= 0.3 is 0 Å². The number of methoxy groups -OCH3 is 3. The first-order chi connectivity index (χ1) is 7.91. The Kier molecular flexibility index (Phi) is 4.25. The number of benzene rings is 1. The fraction of sp³-hybridized carbons (Fsp3) is 0.455. The van der Waals surface area contributed by atoms with Gasteiger partial charge < -0.3 is 25.1 Å². The van der Waals surface area contributed by atoms with Gasteiger partial charge in [0.2, 0.25) is 0 Å². The van der Waals surface area contributed by atoms with E-state index in [0.29, 0.717) is 22.8 Å². The molecule has 92 valence electrons. The summed E-state index contributed by atoms with van der Waals surface area (Å²) in [6.45, 7) is 0. The molecule has 2 radical (unpaired) electrons. The molecule has 0 heterocycles. The first kappa shape index (κ1) is 13.7. The maximum atomic E-state index is 9.41. The number of ether oxygens (including phenoxy) is 3. The van der Waals surface area contributed by atoms with Crippen LogP contribution in [0.5, 0.6) is 17.2 Å². The largest absolute Gasteiger partial charge is 0.496 e. The Labute approximate surface area is 102 Å². The van der Waals surface area contributed by atoms with Gasteiger partial charge in [0.05, 0.1) is 27.0 Å². The summed E-state index contributed by atoms with van der Waals surface area (Å²) < 4.78 is 15.5. The highest BCUT2D eigenvalue weighted by atomic mass is 16.5. The van der Waals surface area contributed by atoms with Crippen molar-refractivity contribution in [2.45, 2.75) is 12.0 Å². The maximum absolute atomic E-state index is 9.41. The molecule has 1 rings (SSSR count). The Balaban J connectivity index is 3.19. The van der Waals surface area contributed by atoms with Crippen molar-refractivity contribution in [1.82, 2.24) is 0 Å². The number of rotatable bonds is 5. The second-order valence-corrected chi connectivity index (χ2v) is 3.69. The van der Waals surface area contributed by atoms with Gasteiger partial charge in [0, 0.05) is 18.1 Å². The lowest BCUT2D eigenvalue weighted by molar-refractivity contribution is 0.135. The minimum Gasteiger partial charge on any atom is -0.496 e. The van der Waals surface area contributed by atoms with Crippen molar-refractivity contribution in [3.8, 4) is 17.2 Å². The molecule has 0 aromatic heterocycles. The van der Waals surface area contributed by atoms with E-state index in [0.717, 1.165) is 0 Å². The van der Waals surface area contributed by atoms with Crippen molar-refractivity contribution in [2.24, 2.45) is 5.73 Å². The number of aliphatic hydroxyl groups is 1. The Morgan fingerprint density at radius 3 is 2.00 bits per heavy atom. The maximum Gasteiger partial charge on any atom is 0.164 e. The van der Waals surface area contributed by atoms with E-state index in [1.165, 1.54) is 21.3 Å². The molecule has 0 saturated heterocycles. The molecule has 0 bridgehead atoms. The molecular weight excluding hydrogens is 221 g/mol. The van der Waals surface area contributed by atoms with Crippen molar-refractivity contribution < 1.29 is 19.3 Å². The lowest BCUT2D eigenvalue weighted by Crippen LogP contribution is -2.42. The zero-order valence-electron chi connectivity index (χ0n) is 10.2. The van der Waals surface area contributed by atoms with Crippen LogP contribution in [0.4, 0.5) is 0 Å².